The van der Waals surface area contributed by atoms with Crippen molar-refractivity contribution in [1.29, 1.82) is 0 Å². The molecule has 0 bridgehead atoms. The topological polar surface area (TPSA) is 66.5 Å². The van der Waals surface area contributed by atoms with Gasteiger partial charge >= 0.3 is 0 Å². The highest BCUT2D eigenvalue weighted by Crippen LogP contribution is 2.26. The number of carbonyl (C=O) groups excluding carboxylic acids is 1. The molecule has 5 nitrogen and oxygen atoms in total. The summed E-state index contributed by atoms with van der Waals surface area (Å²) in [5.41, 5.74) is -1.22. The van der Waals surface area contributed by atoms with Crippen molar-refractivity contribution >= 4 is 21.6 Å². The summed E-state index contributed by atoms with van der Waals surface area (Å²) in [6.45, 7) is 0.0750. The number of benzene rings is 1. The van der Waals surface area contributed by atoms with E-state index in [0.717, 1.165) is 10.6 Å². The number of carbonyl (C=O) groups is 1. The molecule has 1 aromatic carbocycles. The van der Waals surface area contributed by atoms with Gasteiger partial charge in [0.05, 0.1) is 12.2 Å². The van der Waals surface area contributed by atoms with Gasteiger partial charge in [0.15, 0.2) is 23.3 Å². The minimum Gasteiger partial charge on any atom is -0.321 e. The minimum atomic E-state index is -3.51. The van der Waals surface area contributed by atoms with Crippen LogP contribution in [0, 0.1) is 29.2 Å². The zero-order chi connectivity index (χ0) is 17.4. The summed E-state index contributed by atoms with van der Waals surface area (Å²) in [6.07, 6.45) is 1.65. The van der Waals surface area contributed by atoms with Crippen LogP contribution in [0.4, 0.5) is 23.2 Å². The van der Waals surface area contributed by atoms with Crippen LogP contribution in [0.3, 0.4) is 0 Å². The fraction of sp³-hybridized carbons (Fsp3) is 0.462. The largest absolute Gasteiger partial charge is 0.321 e. The molecule has 0 spiro atoms. The maximum atomic E-state index is 13.5. The van der Waals surface area contributed by atoms with Crippen molar-refractivity contribution in [1.82, 2.24) is 4.31 Å². The maximum Gasteiger partial charge on any atom is 0.228 e. The molecule has 1 amide bonds. The van der Waals surface area contributed by atoms with Gasteiger partial charge in [0.1, 0.15) is 5.69 Å². The van der Waals surface area contributed by atoms with Gasteiger partial charge in [-0.1, -0.05) is 0 Å². The third kappa shape index (κ3) is 3.81. The molecule has 0 aliphatic carbocycles. The first-order valence-electron chi connectivity index (χ1n) is 6.70. The number of rotatable bonds is 3. The lowest BCUT2D eigenvalue weighted by molar-refractivity contribution is -0.120. The summed E-state index contributed by atoms with van der Waals surface area (Å²) in [4.78, 5) is 12.1. The van der Waals surface area contributed by atoms with E-state index < -0.39 is 50.8 Å². The number of halogens is 4. The molecule has 23 heavy (non-hydrogen) atoms. The first-order chi connectivity index (χ1) is 10.6. The molecule has 1 heterocycles. The Labute approximate surface area is 130 Å². The van der Waals surface area contributed by atoms with Crippen LogP contribution in [0.1, 0.15) is 12.8 Å². The summed E-state index contributed by atoms with van der Waals surface area (Å²) in [5, 5.41) is 1.81. The van der Waals surface area contributed by atoms with Gasteiger partial charge in [-0.3, -0.25) is 4.79 Å². The van der Waals surface area contributed by atoms with Gasteiger partial charge in [-0.25, -0.2) is 30.3 Å². The Hall–Kier alpha value is -1.68. The quantitative estimate of drug-likeness (QED) is 0.666. The minimum absolute atomic E-state index is 0.0341. The summed E-state index contributed by atoms with van der Waals surface area (Å²) in [6, 6.07) is 0.0341. The second-order valence-corrected chi connectivity index (χ2v) is 7.28. The molecule has 1 unspecified atom stereocenters. The predicted molar refractivity (Wildman–Crippen MR) is 74.0 cm³/mol. The standard InChI is InChI=1S/C13H14F4N2O3S/c1-23(21,22)19-4-2-3-7(6-19)13(20)18-12-10(16)8(14)5-9(15)11(12)17/h5,7H,2-4,6H2,1H3,(H,18,20). The van der Waals surface area contributed by atoms with E-state index in [2.05, 4.69) is 0 Å². The van der Waals surface area contributed by atoms with Crippen molar-refractivity contribution < 1.29 is 30.8 Å². The fourth-order valence-corrected chi connectivity index (χ4v) is 3.28. The molecule has 128 valence electrons. The van der Waals surface area contributed by atoms with Crippen molar-refractivity contribution in [2.75, 3.05) is 24.7 Å². The molecule has 0 radical (unpaired) electrons. The highest BCUT2D eigenvalue weighted by Gasteiger charge is 2.31. The smallest absolute Gasteiger partial charge is 0.228 e. The Morgan fingerprint density at radius 2 is 1.78 bits per heavy atom. The Morgan fingerprint density at radius 3 is 2.30 bits per heavy atom. The molecule has 1 N–H and O–H groups in total. The molecular weight excluding hydrogens is 340 g/mol. The van der Waals surface area contributed by atoms with Crippen LogP contribution < -0.4 is 5.32 Å². The normalized spacial score (nSPS) is 19.6. The zero-order valence-corrected chi connectivity index (χ0v) is 12.9. The first-order valence-corrected chi connectivity index (χ1v) is 8.55. The van der Waals surface area contributed by atoms with Gasteiger partial charge in [-0.2, -0.15) is 0 Å². The maximum absolute atomic E-state index is 13.5. The monoisotopic (exact) mass is 354 g/mol. The lowest BCUT2D eigenvalue weighted by atomic mass is 9.98. The molecule has 1 saturated heterocycles. The third-order valence-corrected chi connectivity index (χ3v) is 4.85. The van der Waals surface area contributed by atoms with Crippen LogP contribution in [-0.4, -0.2) is 38.0 Å². The van der Waals surface area contributed by atoms with Crippen molar-refractivity contribution in [2.24, 2.45) is 5.92 Å². The zero-order valence-electron chi connectivity index (χ0n) is 12.1. The summed E-state index contributed by atoms with van der Waals surface area (Å²) < 4.78 is 77.3. The summed E-state index contributed by atoms with van der Waals surface area (Å²) >= 11 is 0. The molecule has 0 aromatic heterocycles. The number of hydrogen-bond acceptors (Lipinski definition) is 3. The predicted octanol–water partition coefficient (Wildman–Crippen LogP) is 1.85. The number of sulfonamides is 1. The lowest BCUT2D eigenvalue weighted by Gasteiger charge is -2.30. The fourth-order valence-electron chi connectivity index (χ4n) is 2.37. The van der Waals surface area contributed by atoms with Gasteiger partial charge < -0.3 is 5.32 Å². The molecular formula is C13H14F4N2O3S. The van der Waals surface area contributed by atoms with Gasteiger partial charge in [0, 0.05) is 19.2 Å². The van der Waals surface area contributed by atoms with Crippen molar-refractivity contribution in [3.63, 3.8) is 0 Å². The van der Waals surface area contributed by atoms with Crippen molar-refractivity contribution in [2.45, 2.75) is 12.8 Å². The van der Waals surface area contributed by atoms with Gasteiger partial charge in [-0.15, -0.1) is 0 Å². The average Bonchev–Trinajstić information content (AvgIpc) is 2.48. The number of nitrogens with one attached hydrogen (secondary N) is 1. The van der Waals surface area contributed by atoms with Gasteiger partial charge in [0.2, 0.25) is 15.9 Å². The number of nitrogens with zero attached hydrogens (tertiary/aromatic N) is 1. The van der Waals surface area contributed by atoms with Gasteiger partial charge in [0.25, 0.3) is 0 Å². The van der Waals surface area contributed by atoms with Crippen molar-refractivity contribution in [3.05, 3.63) is 29.3 Å². The Bertz CT molecular complexity index is 713. The number of anilines is 1. The van der Waals surface area contributed by atoms with E-state index in [0.29, 0.717) is 12.8 Å². The van der Waals surface area contributed by atoms with E-state index in [-0.39, 0.29) is 19.2 Å². The van der Waals surface area contributed by atoms with Crippen LogP contribution in [0.25, 0.3) is 0 Å². The Kier molecular flexibility index (Phi) is 4.95. The van der Waals surface area contributed by atoms with Crippen LogP contribution in [0.5, 0.6) is 0 Å². The Morgan fingerprint density at radius 1 is 1.22 bits per heavy atom. The summed E-state index contributed by atoms with van der Waals surface area (Å²) in [5.74, 6) is -8.48. The molecule has 10 heteroatoms. The molecule has 1 aromatic rings. The van der Waals surface area contributed by atoms with E-state index in [1.165, 1.54) is 0 Å². The average molecular weight is 354 g/mol. The SMILES string of the molecule is CS(=O)(=O)N1CCCC(C(=O)Nc2c(F)c(F)cc(F)c2F)C1. The number of hydrogen-bond donors (Lipinski definition) is 1. The second kappa shape index (κ2) is 6.44. The Balaban J connectivity index is 2.20. The molecule has 1 fully saturated rings. The van der Waals surface area contributed by atoms with Crippen molar-refractivity contribution in [3.8, 4) is 0 Å². The van der Waals surface area contributed by atoms with E-state index >= 15 is 0 Å². The molecule has 1 aliphatic heterocycles. The molecule has 2 rings (SSSR count). The highest BCUT2D eigenvalue weighted by molar-refractivity contribution is 7.88. The summed E-state index contributed by atoms with van der Waals surface area (Å²) in [7, 11) is -3.51. The van der Waals surface area contributed by atoms with E-state index in [4.69, 9.17) is 0 Å². The molecule has 1 aliphatic rings. The van der Waals surface area contributed by atoms with E-state index in [1.807, 2.05) is 5.32 Å². The van der Waals surface area contributed by atoms with Gasteiger partial charge in [-0.05, 0) is 12.8 Å². The van der Waals surface area contributed by atoms with Crippen LogP contribution >= 0.6 is 0 Å². The number of piperidine rings is 1. The third-order valence-electron chi connectivity index (χ3n) is 3.58. The highest BCUT2D eigenvalue weighted by atomic mass is 32.2. The second-order valence-electron chi connectivity index (χ2n) is 5.29. The molecule has 0 saturated carbocycles. The molecule has 1 atom stereocenters. The van der Waals surface area contributed by atoms with Crippen LogP contribution in [0.15, 0.2) is 6.07 Å². The van der Waals surface area contributed by atoms with Crippen LogP contribution in [0.2, 0.25) is 0 Å². The van der Waals surface area contributed by atoms with E-state index in [9.17, 15) is 30.8 Å². The van der Waals surface area contributed by atoms with Crippen LogP contribution in [-0.2, 0) is 14.8 Å². The number of amides is 1. The first kappa shape index (κ1) is 17.7. The lowest BCUT2D eigenvalue weighted by Crippen LogP contribution is -2.43. The van der Waals surface area contributed by atoms with E-state index in [1.54, 1.807) is 0 Å².